The second kappa shape index (κ2) is 11.3. The Bertz CT molecular complexity index is 1850. The zero-order valence-electron chi connectivity index (χ0n) is 26.1. The maximum atomic E-state index is 14.6. The largest absolute Gasteiger partial charge is 0.491 e. The van der Waals surface area contributed by atoms with Crippen molar-refractivity contribution in [3.8, 4) is 16.9 Å². The number of methoxy groups -OCH3 is 1. The number of amides is 1. The third-order valence-corrected chi connectivity index (χ3v) is 10.7. The number of piperidine rings is 2. The molecule has 5 fully saturated rings. The van der Waals surface area contributed by atoms with Crippen molar-refractivity contribution in [3.63, 3.8) is 0 Å². The van der Waals surface area contributed by atoms with Crippen LogP contribution in [-0.4, -0.2) is 106 Å². The van der Waals surface area contributed by atoms with Crippen LogP contribution < -0.4 is 9.64 Å². The Morgan fingerprint density at radius 2 is 1.88 bits per heavy atom. The van der Waals surface area contributed by atoms with E-state index in [1.165, 1.54) is 29.2 Å². The first-order chi connectivity index (χ1) is 23.0. The molecule has 252 valence electrons. The number of hydrogen-bond donors (Lipinski definition) is 1. The molecule has 7 heterocycles. The molecule has 1 amide bonds. The Kier molecular flexibility index (Phi) is 7.40. The number of likely N-dealkylation sites (tertiary alicyclic amines) is 1. The number of nitrogens with zero attached hydrogens (tertiary/aromatic N) is 6. The van der Waals surface area contributed by atoms with Gasteiger partial charge in [0.05, 0.1) is 40.6 Å². The van der Waals surface area contributed by atoms with Crippen molar-refractivity contribution in [2.75, 3.05) is 51.3 Å². The summed E-state index contributed by atoms with van der Waals surface area (Å²) in [5, 5.41) is 15.2. The van der Waals surface area contributed by atoms with E-state index in [1.807, 2.05) is 23.1 Å². The molecule has 5 atom stereocenters. The molecule has 5 aliphatic rings. The standard InChI is InChI=1S/C34H34ClF3N6O4/c1-47-33(34(36,37)38,22-5-3-2-4-6-22)31(45)44-24-11-25(44)18-42(17-24)29-8-7-21(14-39-29)27-12-26(19-43-30(27)28(35)15-40-43)48-10-9-41-16-23-13-32(23,46)20-41/h2-8,12,14-15,19,23-25,46H,9-11,13,16-18,20H2,1H3. The van der Waals surface area contributed by atoms with E-state index in [2.05, 4.69) is 10.00 Å². The quantitative estimate of drug-likeness (QED) is 0.278. The van der Waals surface area contributed by atoms with E-state index < -0.39 is 35.4 Å². The monoisotopic (exact) mass is 682 g/mol. The lowest BCUT2D eigenvalue weighted by molar-refractivity contribution is -0.275. The molecule has 14 heteroatoms. The van der Waals surface area contributed by atoms with Crippen molar-refractivity contribution >= 4 is 28.8 Å². The fourth-order valence-electron chi connectivity index (χ4n) is 7.83. The number of hydrogen-bond acceptors (Lipinski definition) is 8. The molecule has 1 N–H and O–H groups in total. The summed E-state index contributed by atoms with van der Waals surface area (Å²) in [5.41, 5.74) is -1.55. The van der Waals surface area contributed by atoms with Crippen LogP contribution in [0.5, 0.6) is 5.75 Å². The molecule has 4 saturated heterocycles. The number of halogens is 4. The number of ether oxygens (including phenoxy) is 2. The van der Waals surface area contributed by atoms with Crippen molar-refractivity contribution in [3.05, 3.63) is 77.7 Å². The first-order valence-corrected chi connectivity index (χ1v) is 16.3. The average Bonchev–Trinajstić information content (AvgIpc) is 3.36. The summed E-state index contributed by atoms with van der Waals surface area (Å²) >= 11 is 6.53. The van der Waals surface area contributed by atoms with Crippen LogP contribution in [0.25, 0.3) is 16.6 Å². The van der Waals surface area contributed by atoms with Gasteiger partial charge in [-0.25, -0.2) is 9.50 Å². The van der Waals surface area contributed by atoms with Crippen LogP contribution in [0.1, 0.15) is 18.4 Å². The minimum atomic E-state index is -4.95. The molecule has 48 heavy (non-hydrogen) atoms. The van der Waals surface area contributed by atoms with Gasteiger partial charge in [-0.1, -0.05) is 41.9 Å². The molecular formula is C34H34ClF3N6O4. The van der Waals surface area contributed by atoms with Crippen molar-refractivity contribution in [2.45, 2.75) is 42.3 Å². The molecule has 2 bridgehead atoms. The Labute approximate surface area is 279 Å². The molecule has 4 aliphatic heterocycles. The summed E-state index contributed by atoms with van der Waals surface area (Å²) in [4.78, 5) is 24.0. The highest BCUT2D eigenvalue weighted by molar-refractivity contribution is 6.34. The lowest BCUT2D eigenvalue weighted by Gasteiger charge is -2.58. The highest BCUT2D eigenvalue weighted by Gasteiger charge is 2.66. The number of benzene rings is 1. The van der Waals surface area contributed by atoms with Gasteiger partial charge in [-0.3, -0.25) is 9.69 Å². The number of anilines is 1. The zero-order valence-corrected chi connectivity index (χ0v) is 26.9. The van der Waals surface area contributed by atoms with Crippen LogP contribution in [0.2, 0.25) is 5.02 Å². The fraction of sp³-hybridized carbons (Fsp3) is 0.441. The van der Waals surface area contributed by atoms with Gasteiger partial charge in [0.25, 0.3) is 11.5 Å². The number of fused-ring (bicyclic) bond motifs is 4. The number of carbonyl (C=O) groups is 1. The minimum Gasteiger partial charge on any atom is -0.491 e. The number of alkyl halides is 3. The normalized spacial score (nSPS) is 26.2. The molecule has 0 radical (unpaired) electrons. The Morgan fingerprint density at radius 3 is 2.52 bits per heavy atom. The van der Waals surface area contributed by atoms with Crippen molar-refractivity contribution in [1.29, 1.82) is 0 Å². The molecule has 0 spiro atoms. The number of piperazine rings is 1. The van der Waals surface area contributed by atoms with Gasteiger partial charge in [0.15, 0.2) is 0 Å². The van der Waals surface area contributed by atoms with Crippen molar-refractivity contribution < 1.29 is 32.5 Å². The van der Waals surface area contributed by atoms with E-state index in [4.69, 9.17) is 26.1 Å². The van der Waals surface area contributed by atoms with E-state index in [0.29, 0.717) is 67.2 Å². The molecule has 1 aromatic carbocycles. The fourth-order valence-corrected chi connectivity index (χ4v) is 8.06. The van der Waals surface area contributed by atoms with Gasteiger partial charge in [-0.15, -0.1) is 0 Å². The smallest absolute Gasteiger partial charge is 0.430 e. The number of aliphatic hydroxyl groups is 1. The number of aromatic nitrogens is 3. The molecule has 9 rings (SSSR count). The minimum absolute atomic E-state index is 0.242. The molecule has 10 nitrogen and oxygen atoms in total. The topological polar surface area (TPSA) is 95.7 Å². The molecule has 1 saturated carbocycles. The van der Waals surface area contributed by atoms with Crippen LogP contribution in [0.15, 0.2) is 67.1 Å². The first-order valence-electron chi connectivity index (χ1n) is 16.0. The maximum Gasteiger partial charge on any atom is 0.430 e. The van der Waals surface area contributed by atoms with E-state index in [1.54, 1.807) is 29.2 Å². The van der Waals surface area contributed by atoms with Crippen LogP contribution in [0.4, 0.5) is 19.0 Å². The summed E-state index contributed by atoms with van der Waals surface area (Å²) in [7, 11) is 0.931. The first kappa shape index (κ1) is 31.4. The van der Waals surface area contributed by atoms with Gasteiger partial charge < -0.3 is 24.4 Å². The van der Waals surface area contributed by atoms with E-state index in [-0.39, 0.29) is 5.56 Å². The second-order valence-corrected chi connectivity index (χ2v) is 13.7. The van der Waals surface area contributed by atoms with Gasteiger partial charge in [-0.05, 0) is 31.0 Å². The number of β-amino-alcohol motifs (C(OH)–C–C–N with tert-alkyl or cyclic N) is 1. The summed E-state index contributed by atoms with van der Waals surface area (Å²) in [6.07, 6.45) is 1.63. The zero-order chi connectivity index (χ0) is 33.4. The Balaban J connectivity index is 0.977. The number of carbonyl (C=O) groups excluding carboxylic acids is 1. The van der Waals surface area contributed by atoms with Crippen molar-refractivity contribution in [2.24, 2.45) is 5.92 Å². The third-order valence-electron chi connectivity index (χ3n) is 10.4. The number of pyridine rings is 2. The van der Waals surface area contributed by atoms with Crippen LogP contribution >= 0.6 is 11.6 Å². The highest BCUT2D eigenvalue weighted by atomic mass is 35.5. The predicted molar refractivity (Wildman–Crippen MR) is 171 cm³/mol. The van der Waals surface area contributed by atoms with Crippen molar-refractivity contribution in [1.82, 2.24) is 24.4 Å². The summed E-state index contributed by atoms with van der Waals surface area (Å²) in [6.45, 7) is 3.42. The van der Waals surface area contributed by atoms with E-state index in [0.717, 1.165) is 31.2 Å². The molecule has 3 aromatic heterocycles. The third kappa shape index (κ3) is 5.01. The highest BCUT2D eigenvalue weighted by Crippen LogP contribution is 2.49. The van der Waals surface area contributed by atoms with Crippen LogP contribution in [-0.2, 0) is 15.1 Å². The predicted octanol–water partition coefficient (Wildman–Crippen LogP) is 4.39. The molecule has 4 aromatic rings. The van der Waals surface area contributed by atoms with E-state index >= 15 is 0 Å². The van der Waals surface area contributed by atoms with Gasteiger partial charge in [-0.2, -0.15) is 18.3 Å². The SMILES string of the molecule is COC(C(=O)N1C2CC1CN(c1ccc(-c3cc(OCCN4CC5CC5(O)C4)cn4ncc(Cl)c34)cn1)C2)(c1ccccc1)C(F)(F)F. The number of rotatable bonds is 9. The summed E-state index contributed by atoms with van der Waals surface area (Å²) < 4.78 is 56.6. The van der Waals surface area contributed by atoms with Crippen LogP contribution in [0.3, 0.4) is 0 Å². The lowest BCUT2D eigenvalue weighted by Crippen LogP contribution is -2.74. The molecule has 1 aliphatic carbocycles. The van der Waals surface area contributed by atoms with Crippen LogP contribution in [0, 0.1) is 5.92 Å². The summed E-state index contributed by atoms with van der Waals surface area (Å²) in [5.74, 6) is 0.562. The Hall–Kier alpha value is -3.91. The molecular weight excluding hydrogens is 649 g/mol. The van der Waals surface area contributed by atoms with Gasteiger partial charge in [0.1, 0.15) is 18.2 Å². The lowest BCUT2D eigenvalue weighted by atomic mass is 9.82. The maximum absolute atomic E-state index is 14.6. The van der Waals surface area contributed by atoms with E-state index in [9.17, 15) is 23.1 Å². The van der Waals surface area contributed by atoms with Gasteiger partial charge in [0.2, 0.25) is 0 Å². The molecule has 5 unspecified atom stereocenters. The Morgan fingerprint density at radius 1 is 1.10 bits per heavy atom. The summed E-state index contributed by atoms with van der Waals surface area (Å²) in [6, 6.07) is 12.0. The van der Waals surface area contributed by atoms with Gasteiger partial charge in [0, 0.05) is 68.6 Å². The van der Waals surface area contributed by atoms with Gasteiger partial charge >= 0.3 is 6.18 Å². The average molecular weight is 683 g/mol. The second-order valence-electron chi connectivity index (χ2n) is 13.3.